The lowest BCUT2D eigenvalue weighted by atomic mass is 10.1. The third-order valence-corrected chi connectivity index (χ3v) is 5.12. The summed E-state index contributed by atoms with van der Waals surface area (Å²) < 4.78 is -0.0306. The third-order valence-electron chi connectivity index (χ3n) is 5.12. The van der Waals surface area contributed by atoms with Crippen molar-refractivity contribution in [3.63, 3.8) is 0 Å². The van der Waals surface area contributed by atoms with E-state index < -0.39 is 18.7 Å². The van der Waals surface area contributed by atoms with E-state index in [4.69, 9.17) is 0 Å². The molecule has 0 aromatic heterocycles. The summed E-state index contributed by atoms with van der Waals surface area (Å²) in [5, 5.41) is 32.1. The molecule has 148 valence electrons. The van der Waals surface area contributed by atoms with Crippen LogP contribution in [0.1, 0.15) is 97.8 Å². The van der Waals surface area contributed by atoms with Gasteiger partial charge >= 0.3 is 0 Å². The van der Waals surface area contributed by atoms with Crippen LogP contribution in [-0.2, 0) is 0 Å². The molecule has 0 spiro atoms. The minimum absolute atomic E-state index is 0. The fourth-order valence-corrected chi connectivity index (χ4v) is 3.16. The lowest BCUT2D eigenvalue weighted by Crippen LogP contribution is -3.00. The zero-order valence-electron chi connectivity index (χ0n) is 16.4. The van der Waals surface area contributed by atoms with E-state index in [-0.39, 0.29) is 16.9 Å². The summed E-state index contributed by atoms with van der Waals surface area (Å²) in [5.41, 5.74) is 0. The summed E-state index contributed by atoms with van der Waals surface area (Å²) in [4.78, 5) is 0. The van der Waals surface area contributed by atoms with Crippen molar-refractivity contribution in [2.45, 2.75) is 117 Å². The smallest absolute Gasteiger partial charge is 0.194 e. The van der Waals surface area contributed by atoms with Gasteiger partial charge in [0.2, 0.25) is 0 Å². The third kappa shape index (κ3) is 9.00. The van der Waals surface area contributed by atoms with Gasteiger partial charge in [0.05, 0.1) is 7.05 Å². The normalized spacial score (nSPS) is 17.6. The Balaban J connectivity index is 0. The van der Waals surface area contributed by atoms with Crippen molar-refractivity contribution in [3.8, 4) is 0 Å². The zero-order chi connectivity index (χ0) is 17.7. The highest BCUT2D eigenvalue weighted by Crippen LogP contribution is 2.27. The van der Waals surface area contributed by atoms with Gasteiger partial charge in [0.25, 0.3) is 0 Å². The quantitative estimate of drug-likeness (QED) is 0.231. The molecule has 0 aromatic rings. The second kappa shape index (κ2) is 15.4. The molecule has 3 N–H and O–H groups in total. The highest BCUT2D eigenvalue weighted by molar-refractivity contribution is 4.57. The second-order valence-electron chi connectivity index (χ2n) is 7.15. The largest absolute Gasteiger partial charge is 1.00 e. The van der Waals surface area contributed by atoms with Gasteiger partial charge in [-0.2, -0.15) is 0 Å². The predicted molar refractivity (Wildman–Crippen MR) is 96.6 cm³/mol. The van der Waals surface area contributed by atoms with Gasteiger partial charge in [0.15, 0.2) is 18.7 Å². The summed E-state index contributed by atoms with van der Waals surface area (Å²) in [6.07, 6.45) is 9.19. The monoisotopic (exact) mass is 367 g/mol. The molecule has 0 radical (unpaired) electrons. The molecule has 0 rings (SSSR count). The molecule has 0 aliphatic rings. The maximum atomic E-state index is 10.7. The molecule has 3 unspecified atom stereocenters. The van der Waals surface area contributed by atoms with Gasteiger partial charge in [-0.15, -0.1) is 0 Å². The topological polar surface area (TPSA) is 60.7 Å². The van der Waals surface area contributed by atoms with Crippen molar-refractivity contribution in [2.24, 2.45) is 0 Å². The zero-order valence-corrected chi connectivity index (χ0v) is 17.1. The molecule has 3 atom stereocenters. The van der Waals surface area contributed by atoms with Gasteiger partial charge in [-0.1, -0.05) is 59.3 Å². The van der Waals surface area contributed by atoms with Crippen LogP contribution >= 0.6 is 0 Å². The van der Waals surface area contributed by atoms with Gasteiger partial charge in [-0.25, -0.2) is 0 Å². The summed E-state index contributed by atoms with van der Waals surface area (Å²) in [6, 6.07) is 0. The maximum absolute atomic E-state index is 10.7. The Labute approximate surface area is 156 Å². The number of hydrogen-bond acceptors (Lipinski definition) is 3. The van der Waals surface area contributed by atoms with E-state index in [0.717, 1.165) is 57.8 Å². The molecule has 0 fully saturated rings. The van der Waals surface area contributed by atoms with Gasteiger partial charge in [0, 0.05) is 19.3 Å². The summed E-state index contributed by atoms with van der Waals surface area (Å²) in [5.74, 6) is 0. The number of nitrogens with zero attached hydrogens (tertiary/aromatic N) is 1. The molecule has 0 amide bonds. The van der Waals surface area contributed by atoms with Crippen molar-refractivity contribution >= 4 is 0 Å². The van der Waals surface area contributed by atoms with Crippen molar-refractivity contribution < 1.29 is 32.2 Å². The Hall–Kier alpha value is 0.130. The van der Waals surface area contributed by atoms with E-state index in [0.29, 0.717) is 19.3 Å². The first-order chi connectivity index (χ1) is 10.9. The first-order valence-electron chi connectivity index (χ1n) is 9.84. The van der Waals surface area contributed by atoms with Gasteiger partial charge in [-0.3, -0.25) is 4.48 Å². The Morgan fingerprint density at radius 1 is 0.583 bits per heavy atom. The van der Waals surface area contributed by atoms with Crippen molar-refractivity contribution in [1.29, 1.82) is 0 Å². The summed E-state index contributed by atoms with van der Waals surface area (Å²) in [7, 11) is 1.82. The number of hydrogen-bond donors (Lipinski definition) is 3. The number of unbranched alkanes of at least 4 members (excludes halogenated alkanes) is 6. The van der Waals surface area contributed by atoms with Crippen LogP contribution in [0.3, 0.4) is 0 Å². The van der Waals surface area contributed by atoms with Crippen LogP contribution in [-0.4, -0.2) is 45.5 Å². The molecule has 0 saturated carbocycles. The van der Waals surface area contributed by atoms with Gasteiger partial charge in [-0.05, 0) is 19.3 Å². The molecular formula is C19H42ClNO3. The number of aliphatic hydroxyl groups is 3. The predicted octanol–water partition coefficient (Wildman–Crippen LogP) is 1.13. The SMILES string of the molecule is CCCCCC(O)[N+](C)(C(O)CCCCC)C(O)CCCCC.[Cl-]. The van der Waals surface area contributed by atoms with Crippen LogP contribution in [0.5, 0.6) is 0 Å². The van der Waals surface area contributed by atoms with Crippen LogP contribution in [0.15, 0.2) is 0 Å². The second-order valence-corrected chi connectivity index (χ2v) is 7.15. The van der Waals surface area contributed by atoms with E-state index >= 15 is 0 Å². The fourth-order valence-electron chi connectivity index (χ4n) is 3.16. The van der Waals surface area contributed by atoms with Crippen LogP contribution in [0.4, 0.5) is 0 Å². The van der Waals surface area contributed by atoms with Gasteiger partial charge < -0.3 is 27.7 Å². The highest BCUT2D eigenvalue weighted by atomic mass is 35.5. The van der Waals surface area contributed by atoms with Crippen molar-refractivity contribution in [2.75, 3.05) is 7.05 Å². The first-order valence-corrected chi connectivity index (χ1v) is 9.84. The minimum atomic E-state index is -0.699. The molecule has 0 aliphatic carbocycles. The van der Waals surface area contributed by atoms with Crippen molar-refractivity contribution in [1.82, 2.24) is 0 Å². The lowest BCUT2D eigenvalue weighted by Gasteiger charge is -2.45. The minimum Gasteiger partial charge on any atom is -1.00 e. The number of aliphatic hydroxyl groups excluding tert-OH is 3. The Morgan fingerprint density at radius 3 is 1.04 bits per heavy atom. The lowest BCUT2D eigenvalue weighted by molar-refractivity contribution is -1.03. The summed E-state index contributed by atoms with van der Waals surface area (Å²) in [6.45, 7) is 6.42. The average Bonchev–Trinajstić information content (AvgIpc) is 2.54. The van der Waals surface area contributed by atoms with Crippen LogP contribution < -0.4 is 12.4 Å². The molecule has 0 bridgehead atoms. The van der Waals surface area contributed by atoms with Crippen LogP contribution in [0, 0.1) is 0 Å². The molecule has 0 aliphatic heterocycles. The number of quaternary nitrogens is 1. The molecule has 5 heteroatoms. The molecule has 4 nitrogen and oxygen atoms in total. The van der Waals surface area contributed by atoms with Crippen molar-refractivity contribution in [3.05, 3.63) is 0 Å². The number of rotatable bonds is 15. The van der Waals surface area contributed by atoms with E-state index in [1.54, 1.807) is 0 Å². The highest BCUT2D eigenvalue weighted by Gasteiger charge is 2.43. The molecule has 24 heavy (non-hydrogen) atoms. The average molecular weight is 368 g/mol. The Kier molecular flexibility index (Phi) is 16.9. The molecule has 0 heterocycles. The van der Waals surface area contributed by atoms with E-state index in [1.807, 2.05) is 7.05 Å². The Morgan fingerprint density at radius 2 is 0.833 bits per heavy atom. The summed E-state index contributed by atoms with van der Waals surface area (Å²) >= 11 is 0. The molecule has 0 saturated heterocycles. The Bertz CT molecular complexity index is 239. The van der Waals surface area contributed by atoms with E-state index in [1.165, 1.54) is 0 Å². The van der Waals surface area contributed by atoms with E-state index in [2.05, 4.69) is 20.8 Å². The standard InChI is InChI=1S/C19H42NO3.ClH/c1-5-8-11-14-17(21)20(4,18(22)15-12-9-6-2)19(23)16-13-10-7-3;/h17-19,21-23H,5-16H2,1-4H3;1H/q+1;/p-1. The van der Waals surface area contributed by atoms with E-state index in [9.17, 15) is 15.3 Å². The van der Waals surface area contributed by atoms with Crippen LogP contribution in [0.2, 0.25) is 0 Å². The molecular weight excluding hydrogens is 326 g/mol. The fraction of sp³-hybridized carbons (Fsp3) is 1.00. The van der Waals surface area contributed by atoms with Crippen LogP contribution in [0.25, 0.3) is 0 Å². The first kappa shape index (κ1) is 26.4. The number of halogens is 1. The molecule has 0 aromatic carbocycles. The van der Waals surface area contributed by atoms with Gasteiger partial charge in [0.1, 0.15) is 0 Å². The maximum Gasteiger partial charge on any atom is 0.194 e.